The van der Waals surface area contributed by atoms with E-state index < -0.39 is 21.6 Å². The monoisotopic (exact) mass is 357 g/mol. The van der Waals surface area contributed by atoms with Crippen LogP contribution in [0, 0.1) is 0 Å². The van der Waals surface area contributed by atoms with Gasteiger partial charge in [-0.15, -0.1) is 0 Å². The number of fused-ring (bicyclic) bond motifs is 1. The van der Waals surface area contributed by atoms with Crippen molar-refractivity contribution in [3.63, 3.8) is 0 Å². The van der Waals surface area contributed by atoms with Crippen molar-refractivity contribution >= 4 is 50.9 Å². The zero-order chi connectivity index (χ0) is 16.6. The molecule has 0 fully saturated rings. The van der Waals surface area contributed by atoms with Gasteiger partial charge in [0.1, 0.15) is 22.5 Å². The Morgan fingerprint density at radius 1 is 1.04 bits per heavy atom. The van der Waals surface area contributed by atoms with Gasteiger partial charge in [-0.2, -0.15) is 8.42 Å². The third kappa shape index (κ3) is 3.97. The van der Waals surface area contributed by atoms with Gasteiger partial charge in [0.25, 0.3) is 0 Å². The molecule has 0 aliphatic rings. The second-order valence-electron chi connectivity index (χ2n) is 4.67. The number of hydrogen-bond donors (Lipinski definition) is 2. The summed E-state index contributed by atoms with van der Waals surface area (Å²) >= 11 is 0. The fourth-order valence-electron chi connectivity index (χ4n) is 2.16. The average molecular weight is 357 g/mol. The summed E-state index contributed by atoms with van der Waals surface area (Å²) < 4.78 is 40.1. The average Bonchev–Trinajstić information content (AvgIpc) is 2.45. The Morgan fingerprint density at radius 3 is 2.33 bits per heavy atom. The zero-order valence-electron chi connectivity index (χ0n) is 12.5. The van der Waals surface area contributed by atoms with Gasteiger partial charge in [-0.1, -0.05) is 30.3 Å². The van der Waals surface area contributed by atoms with Crippen molar-refractivity contribution in [3.05, 3.63) is 58.8 Å². The van der Waals surface area contributed by atoms with Crippen LogP contribution in [0.25, 0.3) is 22.3 Å². The number of phenols is 1. The fraction of sp³-hybridized carbons (Fsp3) is 0. The maximum Gasteiger partial charge on any atom is 0.446 e. The Kier molecular flexibility index (Phi) is 5.36. The summed E-state index contributed by atoms with van der Waals surface area (Å²) in [5, 5.41) is 9.76. The Labute approximate surface area is 158 Å². The topological polar surface area (TPSA) is 114 Å². The van der Waals surface area contributed by atoms with E-state index in [0.717, 1.165) is 12.1 Å². The molecule has 0 aliphatic heterocycles. The quantitative estimate of drug-likeness (QED) is 0.544. The molecular formula is C15H10NaO7S. The van der Waals surface area contributed by atoms with E-state index in [4.69, 9.17) is 8.97 Å². The van der Waals surface area contributed by atoms with Crippen molar-refractivity contribution in [2.75, 3.05) is 0 Å². The van der Waals surface area contributed by atoms with Crippen LogP contribution in [-0.4, -0.2) is 47.6 Å². The summed E-state index contributed by atoms with van der Waals surface area (Å²) in [4.78, 5) is 12.2. The van der Waals surface area contributed by atoms with E-state index in [2.05, 4.69) is 4.18 Å². The molecule has 3 rings (SSSR count). The van der Waals surface area contributed by atoms with Gasteiger partial charge < -0.3 is 13.7 Å². The van der Waals surface area contributed by atoms with Crippen molar-refractivity contribution < 1.29 is 26.7 Å². The molecule has 0 unspecified atom stereocenters. The summed E-state index contributed by atoms with van der Waals surface area (Å²) in [5.41, 5.74) is 0.0584. The maximum absolute atomic E-state index is 12.2. The van der Waals surface area contributed by atoms with Crippen LogP contribution in [0.3, 0.4) is 0 Å². The van der Waals surface area contributed by atoms with E-state index in [1.165, 1.54) is 6.07 Å². The minimum absolute atomic E-state index is 0. The molecule has 2 aromatic carbocycles. The Hall–Kier alpha value is -1.84. The van der Waals surface area contributed by atoms with Crippen LogP contribution in [0.5, 0.6) is 11.5 Å². The second kappa shape index (κ2) is 6.96. The van der Waals surface area contributed by atoms with Gasteiger partial charge in [0, 0.05) is 53.3 Å². The number of phenolic OH excluding ortho intramolecular Hbond substituents is 1. The van der Waals surface area contributed by atoms with Gasteiger partial charge in [-0.25, -0.2) is 0 Å². The largest absolute Gasteiger partial charge is 0.507 e. The molecule has 0 amide bonds. The van der Waals surface area contributed by atoms with Crippen LogP contribution in [-0.2, 0) is 10.4 Å². The van der Waals surface area contributed by atoms with Crippen LogP contribution < -0.4 is 9.61 Å². The third-order valence-corrected chi connectivity index (χ3v) is 3.45. The molecular weight excluding hydrogens is 347 g/mol. The van der Waals surface area contributed by atoms with Crippen LogP contribution in [0.1, 0.15) is 0 Å². The molecule has 9 heteroatoms. The number of aromatic hydroxyl groups is 1. The van der Waals surface area contributed by atoms with Gasteiger partial charge >= 0.3 is 10.4 Å². The normalized spacial score (nSPS) is 11.0. The molecule has 24 heavy (non-hydrogen) atoms. The summed E-state index contributed by atoms with van der Waals surface area (Å²) in [7, 11) is -4.77. The third-order valence-electron chi connectivity index (χ3n) is 3.04. The van der Waals surface area contributed by atoms with Gasteiger partial charge in [0.05, 0.1) is 0 Å². The van der Waals surface area contributed by atoms with Crippen LogP contribution in [0.2, 0.25) is 0 Å². The first-order chi connectivity index (χ1) is 10.8. The van der Waals surface area contributed by atoms with Crippen molar-refractivity contribution in [1.29, 1.82) is 0 Å². The molecule has 0 aliphatic carbocycles. The zero-order valence-corrected chi connectivity index (χ0v) is 15.3. The number of benzene rings is 2. The minimum atomic E-state index is -4.77. The molecule has 0 spiro atoms. The van der Waals surface area contributed by atoms with Gasteiger partial charge in [-0.3, -0.25) is 9.35 Å². The first-order valence-electron chi connectivity index (χ1n) is 6.37. The molecule has 3 aromatic rings. The fourth-order valence-corrected chi connectivity index (χ4v) is 2.50. The van der Waals surface area contributed by atoms with Crippen molar-refractivity contribution in [1.82, 2.24) is 0 Å². The molecule has 1 aromatic heterocycles. The van der Waals surface area contributed by atoms with Crippen LogP contribution in [0.15, 0.2) is 57.7 Å². The minimum Gasteiger partial charge on any atom is -0.507 e. The van der Waals surface area contributed by atoms with Crippen molar-refractivity contribution in [3.8, 4) is 22.8 Å². The Bertz CT molecular complexity index is 1040. The molecule has 0 saturated carbocycles. The molecule has 0 atom stereocenters. The molecule has 2 N–H and O–H groups in total. The molecule has 0 bridgehead atoms. The second-order valence-corrected chi connectivity index (χ2v) is 5.69. The molecule has 119 valence electrons. The molecule has 1 heterocycles. The van der Waals surface area contributed by atoms with E-state index >= 15 is 0 Å². The number of hydrogen-bond acceptors (Lipinski definition) is 6. The van der Waals surface area contributed by atoms with Crippen LogP contribution >= 0.6 is 0 Å². The summed E-state index contributed by atoms with van der Waals surface area (Å²) in [6, 6.07) is 12.0. The van der Waals surface area contributed by atoms with Gasteiger partial charge in [0.15, 0.2) is 11.2 Å². The van der Waals surface area contributed by atoms with E-state index in [1.807, 2.05) is 0 Å². The standard InChI is InChI=1S/C15H10O7S.Na/c16-11-6-10(22-23(18,19)20)7-14-15(11)12(17)8-13(21-14)9-4-2-1-3-5-9;/h1-8,16H,(H,18,19,20);. The first kappa shape index (κ1) is 18.5. The summed E-state index contributed by atoms with van der Waals surface area (Å²) in [6.07, 6.45) is 0. The predicted octanol–water partition coefficient (Wildman–Crippen LogP) is 1.97. The van der Waals surface area contributed by atoms with Crippen molar-refractivity contribution in [2.24, 2.45) is 0 Å². The summed E-state index contributed by atoms with van der Waals surface area (Å²) in [6.45, 7) is 0. The molecule has 0 saturated heterocycles. The number of rotatable bonds is 3. The van der Waals surface area contributed by atoms with Crippen molar-refractivity contribution in [2.45, 2.75) is 0 Å². The Balaban J connectivity index is 0.00000208. The predicted molar refractivity (Wildman–Crippen MR) is 87.5 cm³/mol. The van der Waals surface area contributed by atoms with E-state index in [0.29, 0.717) is 5.56 Å². The van der Waals surface area contributed by atoms with Gasteiger partial charge in [0.2, 0.25) is 0 Å². The summed E-state index contributed by atoms with van der Waals surface area (Å²) in [5.74, 6) is -0.660. The molecule has 7 nitrogen and oxygen atoms in total. The maximum atomic E-state index is 12.2. The van der Waals surface area contributed by atoms with Gasteiger partial charge in [-0.05, 0) is 0 Å². The molecule has 1 radical (unpaired) electrons. The van der Waals surface area contributed by atoms with E-state index in [1.54, 1.807) is 30.3 Å². The van der Waals surface area contributed by atoms with Crippen LogP contribution in [0.4, 0.5) is 0 Å². The smallest absolute Gasteiger partial charge is 0.446 e. The Morgan fingerprint density at radius 2 is 1.71 bits per heavy atom. The SMILES string of the molecule is O=c1cc(-c2ccccc2)oc2cc(OS(=O)(=O)O)cc(O)c12.[Na]. The van der Waals surface area contributed by atoms with E-state index in [-0.39, 0.29) is 52.0 Å². The first-order valence-corrected chi connectivity index (χ1v) is 7.73. The van der Waals surface area contributed by atoms with E-state index in [9.17, 15) is 18.3 Å².